The summed E-state index contributed by atoms with van der Waals surface area (Å²) in [6.45, 7) is 2.51. The zero-order chi connectivity index (χ0) is 19.4. The van der Waals surface area contributed by atoms with Crippen molar-refractivity contribution in [3.63, 3.8) is 0 Å². The van der Waals surface area contributed by atoms with Crippen molar-refractivity contribution in [2.75, 3.05) is 38.5 Å². The first-order valence-electron chi connectivity index (χ1n) is 8.66. The molecule has 2 aromatic carbocycles. The number of amides is 1. The lowest BCUT2D eigenvalue weighted by Crippen LogP contribution is -2.47. The highest BCUT2D eigenvalue weighted by Gasteiger charge is 2.25. The molecule has 144 valence electrons. The number of carbonyl (C=O) groups is 1. The molecule has 1 aliphatic heterocycles. The van der Waals surface area contributed by atoms with E-state index in [0.29, 0.717) is 34.9 Å². The molecule has 0 aromatic heterocycles. The van der Waals surface area contributed by atoms with Gasteiger partial charge in [-0.3, -0.25) is 4.79 Å². The molecular formula is C19H22ClN3O3S. The monoisotopic (exact) mass is 407 g/mol. The molecule has 0 atom stereocenters. The van der Waals surface area contributed by atoms with Crippen molar-refractivity contribution in [3.8, 4) is 0 Å². The Kier molecular flexibility index (Phi) is 6.16. The molecule has 2 aromatic rings. The topological polar surface area (TPSA) is 69.7 Å². The lowest BCUT2D eigenvalue weighted by Gasteiger charge is -2.31. The number of hydrogen-bond acceptors (Lipinski definition) is 4. The molecule has 0 spiro atoms. The summed E-state index contributed by atoms with van der Waals surface area (Å²) in [5, 5.41) is 3.38. The van der Waals surface area contributed by atoms with E-state index in [-0.39, 0.29) is 11.7 Å². The summed E-state index contributed by atoms with van der Waals surface area (Å²) in [7, 11) is -1.37. The van der Waals surface area contributed by atoms with E-state index in [1.165, 1.54) is 4.31 Å². The number of likely N-dealkylation sites (N-methyl/N-ethyl adjacent to an activating group) is 1. The number of anilines is 1. The minimum Gasteiger partial charge on any atom is -0.322 e. The van der Waals surface area contributed by atoms with Crippen molar-refractivity contribution in [1.82, 2.24) is 9.21 Å². The summed E-state index contributed by atoms with van der Waals surface area (Å²) in [5.74, 6) is -0.318. The van der Waals surface area contributed by atoms with Crippen LogP contribution in [-0.4, -0.2) is 56.8 Å². The maximum Gasteiger partial charge on any atom is 0.255 e. The standard InChI is InChI=1S/C19H22ClN3O3S/c1-22-10-12-23(13-11-22)27(25,26)14-15-2-4-16(5-3-15)19(24)21-18-8-6-17(20)7-9-18/h2-9H,10-14H2,1H3,(H,21,24). The molecule has 27 heavy (non-hydrogen) atoms. The van der Waals surface area contributed by atoms with Crippen LogP contribution in [0.1, 0.15) is 15.9 Å². The second-order valence-corrected chi connectivity index (χ2v) is 9.02. The third-order valence-electron chi connectivity index (χ3n) is 4.52. The predicted octanol–water partition coefficient (Wildman–Crippen LogP) is 2.67. The highest BCUT2D eigenvalue weighted by atomic mass is 35.5. The summed E-state index contributed by atoms with van der Waals surface area (Å²) < 4.78 is 26.7. The number of carbonyl (C=O) groups excluding carboxylic acids is 1. The smallest absolute Gasteiger partial charge is 0.255 e. The Morgan fingerprint density at radius 3 is 2.19 bits per heavy atom. The minimum absolute atomic E-state index is 0.0597. The molecule has 0 unspecified atom stereocenters. The third kappa shape index (κ3) is 5.29. The van der Waals surface area contributed by atoms with E-state index in [9.17, 15) is 13.2 Å². The molecule has 1 heterocycles. The van der Waals surface area contributed by atoms with Crippen molar-refractivity contribution in [1.29, 1.82) is 0 Å². The number of halogens is 1. The Bertz CT molecular complexity index is 891. The molecule has 8 heteroatoms. The van der Waals surface area contributed by atoms with E-state index >= 15 is 0 Å². The van der Waals surface area contributed by atoms with Gasteiger partial charge in [0.1, 0.15) is 0 Å². The zero-order valence-electron chi connectivity index (χ0n) is 15.1. The zero-order valence-corrected chi connectivity index (χ0v) is 16.6. The fourth-order valence-corrected chi connectivity index (χ4v) is 4.50. The van der Waals surface area contributed by atoms with Crippen molar-refractivity contribution in [2.24, 2.45) is 0 Å². The summed E-state index contributed by atoms with van der Waals surface area (Å²) in [5.41, 5.74) is 1.77. The first-order valence-corrected chi connectivity index (χ1v) is 10.6. The molecule has 1 aliphatic rings. The van der Waals surface area contributed by atoms with Crippen LogP contribution in [0.4, 0.5) is 5.69 Å². The van der Waals surface area contributed by atoms with Gasteiger partial charge in [-0.25, -0.2) is 8.42 Å². The van der Waals surface area contributed by atoms with E-state index in [1.807, 2.05) is 7.05 Å². The van der Waals surface area contributed by atoms with Crippen LogP contribution >= 0.6 is 11.6 Å². The number of hydrogen-bond donors (Lipinski definition) is 1. The van der Waals surface area contributed by atoms with Gasteiger partial charge < -0.3 is 10.2 Å². The Hall–Kier alpha value is -1.93. The van der Waals surface area contributed by atoms with Gasteiger partial charge in [0.05, 0.1) is 5.75 Å². The fourth-order valence-electron chi connectivity index (χ4n) is 2.86. The van der Waals surface area contributed by atoms with Gasteiger partial charge >= 0.3 is 0 Å². The molecule has 0 bridgehead atoms. The molecule has 1 saturated heterocycles. The summed E-state index contributed by atoms with van der Waals surface area (Å²) >= 11 is 5.83. The third-order valence-corrected chi connectivity index (χ3v) is 6.62. The van der Waals surface area contributed by atoms with Gasteiger partial charge in [0.25, 0.3) is 5.91 Å². The van der Waals surface area contributed by atoms with E-state index < -0.39 is 10.0 Å². The van der Waals surface area contributed by atoms with Crippen LogP contribution in [0.3, 0.4) is 0 Å². The van der Waals surface area contributed by atoms with Gasteiger partial charge in [0.15, 0.2) is 0 Å². The van der Waals surface area contributed by atoms with Crippen LogP contribution in [0.15, 0.2) is 48.5 Å². The second kappa shape index (κ2) is 8.39. The maximum absolute atomic E-state index is 12.6. The first-order chi connectivity index (χ1) is 12.8. The van der Waals surface area contributed by atoms with Crippen LogP contribution in [0, 0.1) is 0 Å². The van der Waals surface area contributed by atoms with Crippen LogP contribution in [0.5, 0.6) is 0 Å². The molecule has 1 fully saturated rings. The molecular weight excluding hydrogens is 386 g/mol. The van der Waals surface area contributed by atoms with Gasteiger partial charge in [-0.1, -0.05) is 23.7 Å². The van der Waals surface area contributed by atoms with E-state index in [4.69, 9.17) is 11.6 Å². The van der Waals surface area contributed by atoms with Gasteiger partial charge in [-0.05, 0) is 49.0 Å². The van der Waals surface area contributed by atoms with Crippen molar-refractivity contribution < 1.29 is 13.2 Å². The van der Waals surface area contributed by atoms with Crippen LogP contribution in [-0.2, 0) is 15.8 Å². The molecule has 1 N–H and O–H groups in total. The minimum atomic E-state index is -3.35. The highest BCUT2D eigenvalue weighted by molar-refractivity contribution is 7.88. The summed E-state index contributed by atoms with van der Waals surface area (Å²) in [6.07, 6.45) is 0. The molecule has 3 rings (SSSR count). The first kappa shape index (κ1) is 19.8. The van der Waals surface area contributed by atoms with Gasteiger partial charge in [-0.15, -0.1) is 0 Å². The molecule has 1 amide bonds. The van der Waals surface area contributed by atoms with Crippen LogP contribution < -0.4 is 5.32 Å². The summed E-state index contributed by atoms with van der Waals surface area (Å²) in [4.78, 5) is 14.4. The lowest BCUT2D eigenvalue weighted by atomic mass is 10.1. The number of nitrogens with one attached hydrogen (secondary N) is 1. The highest BCUT2D eigenvalue weighted by Crippen LogP contribution is 2.16. The van der Waals surface area contributed by atoms with E-state index in [0.717, 1.165) is 13.1 Å². The Balaban J connectivity index is 1.62. The van der Waals surface area contributed by atoms with Crippen molar-refractivity contribution in [3.05, 3.63) is 64.7 Å². The number of sulfonamides is 1. The number of piperazine rings is 1. The Morgan fingerprint density at radius 2 is 1.59 bits per heavy atom. The molecule has 0 radical (unpaired) electrons. The normalized spacial score (nSPS) is 16.2. The number of benzene rings is 2. The lowest BCUT2D eigenvalue weighted by molar-refractivity contribution is 0.102. The fraction of sp³-hybridized carbons (Fsp3) is 0.316. The van der Waals surface area contributed by atoms with Gasteiger partial charge in [0.2, 0.25) is 10.0 Å². The van der Waals surface area contributed by atoms with Gasteiger partial charge in [0, 0.05) is 42.5 Å². The average molecular weight is 408 g/mol. The molecule has 0 saturated carbocycles. The largest absolute Gasteiger partial charge is 0.322 e. The molecule has 0 aliphatic carbocycles. The number of rotatable bonds is 5. The van der Waals surface area contributed by atoms with Crippen LogP contribution in [0.2, 0.25) is 5.02 Å². The number of nitrogens with zero attached hydrogens (tertiary/aromatic N) is 2. The summed E-state index contributed by atoms with van der Waals surface area (Å²) in [6, 6.07) is 13.5. The maximum atomic E-state index is 12.6. The average Bonchev–Trinajstić information content (AvgIpc) is 2.64. The van der Waals surface area contributed by atoms with E-state index in [1.54, 1.807) is 48.5 Å². The van der Waals surface area contributed by atoms with E-state index in [2.05, 4.69) is 10.2 Å². The SMILES string of the molecule is CN1CCN(S(=O)(=O)Cc2ccc(C(=O)Nc3ccc(Cl)cc3)cc2)CC1. The Morgan fingerprint density at radius 1 is 1.00 bits per heavy atom. The predicted molar refractivity (Wildman–Crippen MR) is 108 cm³/mol. The van der Waals surface area contributed by atoms with Crippen molar-refractivity contribution in [2.45, 2.75) is 5.75 Å². The second-order valence-electron chi connectivity index (χ2n) is 6.62. The van der Waals surface area contributed by atoms with Crippen LogP contribution in [0.25, 0.3) is 0 Å². The Labute approximate surface area is 164 Å². The molecule has 6 nitrogen and oxygen atoms in total. The van der Waals surface area contributed by atoms with Crippen molar-refractivity contribution >= 4 is 33.2 Å². The quantitative estimate of drug-likeness (QED) is 0.827. The van der Waals surface area contributed by atoms with Gasteiger partial charge in [-0.2, -0.15) is 4.31 Å².